The molecule has 0 amide bonds. The third kappa shape index (κ3) is 5.42. The fourth-order valence-electron chi connectivity index (χ4n) is 3.01. The van der Waals surface area contributed by atoms with Crippen LogP contribution in [0.25, 0.3) is 0 Å². The summed E-state index contributed by atoms with van der Waals surface area (Å²) in [6.45, 7) is 8.61. The summed E-state index contributed by atoms with van der Waals surface area (Å²) < 4.78 is 53.5. The molecule has 0 aliphatic heterocycles. The Bertz CT molecular complexity index is 1160. The molecular weight excluding hydrogens is 432 g/mol. The van der Waals surface area contributed by atoms with Crippen LogP contribution in [0.5, 0.6) is 11.5 Å². The van der Waals surface area contributed by atoms with E-state index in [1.165, 1.54) is 36.4 Å². The highest BCUT2D eigenvalue weighted by molar-refractivity contribution is 7.91. The number of rotatable bonds is 6. The highest BCUT2D eigenvalue weighted by Crippen LogP contribution is 2.35. The van der Waals surface area contributed by atoms with Crippen LogP contribution >= 0.6 is 0 Å². The quantitative estimate of drug-likeness (QED) is 0.443. The number of benzene rings is 3. The lowest BCUT2D eigenvalue weighted by atomic mass is 9.78. The average molecular weight is 458 g/mol. The van der Waals surface area contributed by atoms with Crippen molar-refractivity contribution in [3.05, 3.63) is 78.4 Å². The summed E-state index contributed by atoms with van der Waals surface area (Å²) in [6, 6.07) is 19.1. The smallest absolute Gasteiger partial charge is 0.206 e. The van der Waals surface area contributed by atoms with Gasteiger partial charge in [0, 0.05) is 4.90 Å². The van der Waals surface area contributed by atoms with Gasteiger partial charge in [-0.1, -0.05) is 39.8 Å². The van der Waals surface area contributed by atoms with Crippen LogP contribution in [0.3, 0.4) is 0 Å². The zero-order valence-electron chi connectivity index (χ0n) is 17.9. The molecule has 2 atom stereocenters. The van der Waals surface area contributed by atoms with Crippen LogP contribution in [-0.2, 0) is 20.9 Å². The monoisotopic (exact) mass is 457 g/mol. The lowest BCUT2D eigenvalue weighted by molar-refractivity contribution is 0.339. The van der Waals surface area contributed by atoms with E-state index in [1.807, 2.05) is 12.1 Å². The SMILES string of the molecule is CC(c1ccc(S(=O)(=O)c2ccc(Oc3ccc(S(=O)[O-])cc3)cc2)cc1)C(C)(C)C. The van der Waals surface area contributed by atoms with Crippen LogP contribution in [0.1, 0.15) is 39.2 Å². The molecule has 164 valence electrons. The predicted molar refractivity (Wildman–Crippen MR) is 120 cm³/mol. The molecule has 7 heteroatoms. The number of ether oxygens (including phenoxy) is 1. The van der Waals surface area contributed by atoms with Crippen molar-refractivity contribution in [2.75, 3.05) is 0 Å². The molecule has 0 aliphatic carbocycles. The molecule has 0 spiro atoms. The number of sulfone groups is 1. The first-order chi connectivity index (χ1) is 14.5. The minimum absolute atomic E-state index is 0.0859. The van der Waals surface area contributed by atoms with Crippen molar-refractivity contribution in [2.24, 2.45) is 5.41 Å². The minimum atomic E-state index is -3.65. The molecule has 3 aromatic carbocycles. The number of hydrogen-bond acceptors (Lipinski definition) is 5. The first kappa shape index (κ1) is 23.2. The standard InChI is InChI=1S/C24H26O5S2/c1-17(24(2,3)4)18-5-13-22(14-6-18)31(27,28)23-15-9-20(10-16-23)29-19-7-11-21(12-8-19)30(25)26/h5-17H,1-4H3,(H,25,26)/p-1. The Morgan fingerprint density at radius 1 is 0.806 bits per heavy atom. The molecular formula is C24H25O5S2-. The van der Waals surface area contributed by atoms with Crippen molar-refractivity contribution in [3.8, 4) is 11.5 Å². The maximum Gasteiger partial charge on any atom is 0.206 e. The van der Waals surface area contributed by atoms with E-state index in [9.17, 15) is 17.2 Å². The molecule has 0 saturated carbocycles. The summed E-state index contributed by atoms with van der Waals surface area (Å²) in [5.41, 5.74) is 1.19. The summed E-state index contributed by atoms with van der Waals surface area (Å²) in [5, 5.41) is 0. The predicted octanol–water partition coefficient (Wildman–Crippen LogP) is 5.70. The fourth-order valence-corrected chi connectivity index (χ4v) is 4.63. The van der Waals surface area contributed by atoms with Crippen molar-refractivity contribution in [2.45, 2.75) is 48.3 Å². The molecule has 0 aliphatic rings. The van der Waals surface area contributed by atoms with E-state index in [1.54, 1.807) is 24.3 Å². The van der Waals surface area contributed by atoms with Crippen molar-refractivity contribution in [1.82, 2.24) is 0 Å². The lowest BCUT2D eigenvalue weighted by Crippen LogP contribution is -2.15. The van der Waals surface area contributed by atoms with Gasteiger partial charge in [-0.15, -0.1) is 0 Å². The Labute approximate surface area is 186 Å². The first-order valence-electron chi connectivity index (χ1n) is 9.81. The van der Waals surface area contributed by atoms with Crippen molar-refractivity contribution in [1.29, 1.82) is 0 Å². The molecule has 0 N–H and O–H groups in total. The molecule has 0 radical (unpaired) electrons. The van der Waals surface area contributed by atoms with E-state index in [-0.39, 0.29) is 20.1 Å². The Morgan fingerprint density at radius 3 is 1.65 bits per heavy atom. The Morgan fingerprint density at radius 2 is 1.23 bits per heavy atom. The molecule has 5 nitrogen and oxygen atoms in total. The maximum atomic E-state index is 13.0. The van der Waals surface area contributed by atoms with Crippen molar-refractivity contribution in [3.63, 3.8) is 0 Å². The highest BCUT2D eigenvalue weighted by atomic mass is 32.2. The Hall–Kier alpha value is -2.48. The molecule has 0 fully saturated rings. The van der Waals surface area contributed by atoms with Gasteiger partial charge >= 0.3 is 0 Å². The van der Waals surface area contributed by atoms with Gasteiger partial charge in [0.2, 0.25) is 9.84 Å². The third-order valence-electron chi connectivity index (χ3n) is 5.38. The maximum absolute atomic E-state index is 13.0. The van der Waals surface area contributed by atoms with Crippen LogP contribution in [0.2, 0.25) is 0 Å². The second-order valence-electron chi connectivity index (χ2n) is 8.44. The molecule has 2 unspecified atom stereocenters. The van der Waals surface area contributed by atoms with Gasteiger partial charge in [0.1, 0.15) is 11.5 Å². The van der Waals surface area contributed by atoms with Gasteiger partial charge in [-0.05, 0) is 88.6 Å². The van der Waals surface area contributed by atoms with Crippen LogP contribution in [-0.4, -0.2) is 17.2 Å². The van der Waals surface area contributed by atoms with Gasteiger partial charge in [0.25, 0.3) is 0 Å². The summed E-state index contributed by atoms with van der Waals surface area (Å²) in [7, 11) is -3.65. The average Bonchev–Trinajstić information content (AvgIpc) is 2.73. The molecule has 3 aromatic rings. The largest absolute Gasteiger partial charge is 0.768 e. The van der Waals surface area contributed by atoms with Crippen LogP contribution in [0.4, 0.5) is 0 Å². The number of hydrogen-bond donors (Lipinski definition) is 0. The van der Waals surface area contributed by atoms with Gasteiger partial charge in [-0.3, -0.25) is 4.21 Å². The van der Waals surface area contributed by atoms with E-state index in [2.05, 4.69) is 27.7 Å². The highest BCUT2D eigenvalue weighted by Gasteiger charge is 2.23. The van der Waals surface area contributed by atoms with E-state index in [0.717, 1.165) is 5.56 Å². The topological polar surface area (TPSA) is 83.5 Å². The summed E-state index contributed by atoms with van der Waals surface area (Å²) in [5.74, 6) is 1.20. The second kappa shape index (κ2) is 8.94. The van der Waals surface area contributed by atoms with Crippen LogP contribution in [0.15, 0.2) is 87.5 Å². The van der Waals surface area contributed by atoms with Crippen LogP contribution in [0, 0.1) is 5.41 Å². The molecule has 0 heterocycles. The van der Waals surface area contributed by atoms with Gasteiger partial charge < -0.3 is 9.29 Å². The normalized spacial score (nSPS) is 14.1. The van der Waals surface area contributed by atoms with E-state index in [0.29, 0.717) is 17.4 Å². The summed E-state index contributed by atoms with van der Waals surface area (Å²) in [6.07, 6.45) is 0. The summed E-state index contributed by atoms with van der Waals surface area (Å²) in [4.78, 5) is 0.581. The zero-order chi connectivity index (χ0) is 22.8. The van der Waals surface area contributed by atoms with Gasteiger partial charge in [-0.25, -0.2) is 8.42 Å². The molecule has 0 aromatic heterocycles. The zero-order valence-corrected chi connectivity index (χ0v) is 19.5. The van der Waals surface area contributed by atoms with Crippen molar-refractivity contribution >= 4 is 20.9 Å². The molecule has 0 bridgehead atoms. The van der Waals surface area contributed by atoms with Gasteiger partial charge in [-0.2, -0.15) is 0 Å². The second-order valence-corrected chi connectivity index (χ2v) is 11.3. The lowest BCUT2D eigenvalue weighted by Gasteiger charge is -2.27. The molecule has 3 rings (SSSR count). The third-order valence-corrected chi connectivity index (χ3v) is 7.82. The Kier molecular flexibility index (Phi) is 6.69. The molecule has 0 saturated heterocycles. The van der Waals surface area contributed by atoms with Gasteiger partial charge in [0.05, 0.1) is 9.79 Å². The van der Waals surface area contributed by atoms with Crippen molar-refractivity contribution < 1.29 is 21.9 Å². The first-order valence-corrected chi connectivity index (χ1v) is 12.4. The fraction of sp³-hybridized carbons (Fsp3) is 0.250. The van der Waals surface area contributed by atoms with Gasteiger partial charge in [0.15, 0.2) is 0 Å². The van der Waals surface area contributed by atoms with Crippen LogP contribution < -0.4 is 4.74 Å². The van der Waals surface area contributed by atoms with E-state index >= 15 is 0 Å². The summed E-state index contributed by atoms with van der Waals surface area (Å²) >= 11 is -2.30. The minimum Gasteiger partial charge on any atom is -0.768 e. The Balaban J connectivity index is 1.77. The van der Waals surface area contributed by atoms with E-state index in [4.69, 9.17) is 4.74 Å². The van der Waals surface area contributed by atoms with E-state index < -0.39 is 20.9 Å². The molecule has 31 heavy (non-hydrogen) atoms.